The van der Waals surface area contributed by atoms with E-state index in [1.165, 1.54) is 50.7 Å². The summed E-state index contributed by atoms with van der Waals surface area (Å²) in [6, 6.07) is 9.61. The van der Waals surface area contributed by atoms with Crippen LogP contribution in [0.1, 0.15) is 122 Å². The van der Waals surface area contributed by atoms with E-state index in [9.17, 15) is 7.00 Å². The maximum Gasteiger partial charge on any atom is 4.00 e. The molecule has 6 atom stereocenters. The topological polar surface area (TPSA) is 42.3 Å². The summed E-state index contributed by atoms with van der Waals surface area (Å²) in [5.41, 5.74) is 0. The molecule has 0 saturated carbocycles. The summed E-state index contributed by atoms with van der Waals surface area (Å²) < 4.78 is 23.9. The third-order valence-electron chi connectivity index (χ3n) is 6.01. The SMILES string of the molecule is CCC(C)[N-]C(C)CC.CCC(C)[N-]C(C)CC.CCC(C)[N-]C(C)CC.[F][GeH]([F])[c-]1cccc1.[Zr+4]. The van der Waals surface area contributed by atoms with Gasteiger partial charge in [0.2, 0.25) is 0 Å². The largest absolute Gasteiger partial charge is 4.00 e. The Morgan fingerprint density at radius 3 is 0.833 bits per heavy atom. The molecule has 0 N–H and O–H groups in total. The van der Waals surface area contributed by atoms with Crippen LogP contribution < -0.4 is 4.40 Å². The molecule has 0 aromatic heterocycles. The van der Waals surface area contributed by atoms with Gasteiger partial charge in [0, 0.05) is 0 Å². The Kier molecular flexibility index (Phi) is 36.4. The standard InChI is InChI=1S/3C8H18N.C5H5F2Ge.Zr/c3*1-5-7(3)9-8(4)6-2;6-8(7)5-3-1-2-4-5;/h3*7-8H,5-6H2,1-4H3;1-4,8H;/q4*-1;+4. The van der Waals surface area contributed by atoms with Gasteiger partial charge in [0.05, 0.1) is 0 Å². The van der Waals surface area contributed by atoms with E-state index in [1.807, 2.05) is 0 Å². The monoisotopic (exact) mass is 651 g/mol. The molecular formula is C29H59F2GeN3Zr. The van der Waals surface area contributed by atoms with Gasteiger partial charge >= 0.3 is 77.1 Å². The van der Waals surface area contributed by atoms with Crippen LogP contribution in [0.25, 0.3) is 16.0 Å². The Hall–Kier alpha value is 0.516. The zero-order valence-corrected chi connectivity index (χ0v) is 30.6. The average molecular weight is 652 g/mol. The van der Waals surface area contributed by atoms with Gasteiger partial charge in [-0.3, -0.25) is 0 Å². The fraction of sp³-hybridized carbons (Fsp3) is 0.828. The van der Waals surface area contributed by atoms with Crippen LogP contribution in [-0.4, -0.2) is 51.5 Å². The van der Waals surface area contributed by atoms with Crippen molar-refractivity contribution >= 4 is 19.7 Å². The van der Waals surface area contributed by atoms with Crippen molar-refractivity contribution in [1.82, 2.24) is 0 Å². The van der Waals surface area contributed by atoms with Crippen molar-refractivity contribution in [3.8, 4) is 0 Å². The fourth-order valence-corrected chi connectivity index (χ4v) is 3.55. The molecule has 1 aromatic rings. The van der Waals surface area contributed by atoms with E-state index < -0.39 is 15.3 Å². The van der Waals surface area contributed by atoms with Crippen LogP contribution in [0.3, 0.4) is 0 Å². The first-order valence-electron chi connectivity index (χ1n) is 14.0. The zero-order chi connectivity index (χ0) is 27.8. The van der Waals surface area contributed by atoms with Gasteiger partial charge in [-0.05, 0) is 0 Å². The van der Waals surface area contributed by atoms with Gasteiger partial charge in [0.1, 0.15) is 0 Å². The van der Waals surface area contributed by atoms with Crippen molar-refractivity contribution in [2.45, 2.75) is 158 Å². The summed E-state index contributed by atoms with van der Waals surface area (Å²) >= 11 is -3.89. The summed E-state index contributed by atoms with van der Waals surface area (Å²) in [4.78, 5) is 0. The number of hydrogen-bond acceptors (Lipinski definition) is 0. The fourth-order valence-electron chi connectivity index (χ4n) is 2.47. The van der Waals surface area contributed by atoms with Crippen molar-refractivity contribution < 1.29 is 33.2 Å². The molecule has 0 aliphatic heterocycles. The molecule has 7 heteroatoms. The molecule has 0 amide bonds. The maximum absolute atomic E-state index is 11.8. The molecule has 6 unspecified atom stereocenters. The molecule has 0 spiro atoms. The van der Waals surface area contributed by atoms with E-state index in [4.69, 9.17) is 0 Å². The van der Waals surface area contributed by atoms with Crippen LogP contribution >= 0.6 is 0 Å². The quantitative estimate of drug-likeness (QED) is 0.151. The predicted octanol–water partition coefficient (Wildman–Crippen LogP) is 9.64. The second-order valence-electron chi connectivity index (χ2n) is 9.51. The average Bonchev–Trinajstić information content (AvgIpc) is 3.40. The molecule has 0 fully saturated rings. The van der Waals surface area contributed by atoms with Crippen LogP contribution in [0.5, 0.6) is 0 Å². The smallest absolute Gasteiger partial charge is 4.00 e. The summed E-state index contributed by atoms with van der Waals surface area (Å²) in [6.07, 6.45) is 7.03. The van der Waals surface area contributed by atoms with Gasteiger partial charge < -0.3 is 16.0 Å². The van der Waals surface area contributed by atoms with E-state index >= 15 is 0 Å². The second-order valence-corrected chi connectivity index (χ2v) is 12.2. The third-order valence-corrected chi connectivity index (χ3v) is 7.88. The van der Waals surface area contributed by atoms with Gasteiger partial charge in [-0.25, -0.2) is 0 Å². The Labute approximate surface area is 249 Å². The van der Waals surface area contributed by atoms with Crippen molar-refractivity contribution in [2.75, 3.05) is 0 Å². The van der Waals surface area contributed by atoms with Crippen LogP contribution in [-0.2, 0) is 26.2 Å². The van der Waals surface area contributed by atoms with Crippen molar-refractivity contribution in [1.29, 1.82) is 0 Å². The predicted molar refractivity (Wildman–Crippen MR) is 160 cm³/mol. The third kappa shape index (κ3) is 30.7. The Morgan fingerprint density at radius 1 is 0.528 bits per heavy atom. The number of rotatable bonds is 13. The number of nitrogens with zero attached hydrogens (tertiary/aromatic N) is 3. The molecule has 0 heterocycles. The molecule has 0 aliphatic rings. The van der Waals surface area contributed by atoms with Gasteiger partial charge in [0.25, 0.3) is 0 Å². The number of hydrogen-bond donors (Lipinski definition) is 0. The first-order valence-corrected chi connectivity index (χ1v) is 17.1. The second kappa shape index (κ2) is 30.1. The normalized spacial score (nSPS) is 15.3. The number of halogens is 2. The molecule has 0 bridgehead atoms. The van der Waals surface area contributed by atoms with E-state index in [1.54, 1.807) is 12.1 Å². The van der Waals surface area contributed by atoms with E-state index in [2.05, 4.69) is 99.0 Å². The molecule has 212 valence electrons. The van der Waals surface area contributed by atoms with E-state index in [0.717, 1.165) is 0 Å². The Bertz CT molecular complexity index is 454. The van der Waals surface area contributed by atoms with E-state index in [0.29, 0.717) is 36.3 Å². The minimum absolute atomic E-state index is 0. The van der Waals surface area contributed by atoms with Crippen LogP contribution in [0, 0.1) is 0 Å². The molecule has 36 heavy (non-hydrogen) atoms. The van der Waals surface area contributed by atoms with Crippen LogP contribution in [0.4, 0.5) is 7.00 Å². The summed E-state index contributed by atoms with van der Waals surface area (Å²) in [5, 5.41) is 13.5. The minimum Gasteiger partial charge on any atom is 4.00 e. The summed E-state index contributed by atoms with van der Waals surface area (Å²) in [7, 11) is 0. The zero-order valence-electron chi connectivity index (χ0n) is 25.7. The first kappa shape index (κ1) is 43.6. The Morgan fingerprint density at radius 2 is 0.722 bits per heavy atom. The van der Waals surface area contributed by atoms with E-state index in [-0.39, 0.29) is 30.6 Å². The molecule has 3 nitrogen and oxygen atoms in total. The van der Waals surface area contributed by atoms with Gasteiger partial charge in [-0.2, -0.15) is 0 Å². The first-order chi connectivity index (χ1) is 16.4. The molecule has 0 radical (unpaired) electrons. The van der Waals surface area contributed by atoms with Gasteiger partial charge in [0.15, 0.2) is 0 Å². The van der Waals surface area contributed by atoms with Crippen molar-refractivity contribution in [3.05, 3.63) is 40.2 Å². The van der Waals surface area contributed by atoms with Gasteiger partial charge in [-0.1, -0.05) is 122 Å². The summed E-state index contributed by atoms with van der Waals surface area (Å²) in [6.45, 7) is 26.1. The van der Waals surface area contributed by atoms with Gasteiger partial charge in [-0.15, -0.1) is 36.3 Å². The molecule has 0 saturated heterocycles. The molecule has 1 aromatic carbocycles. The summed E-state index contributed by atoms with van der Waals surface area (Å²) in [5.74, 6) is 0. The van der Waals surface area contributed by atoms with Crippen LogP contribution in [0.2, 0.25) is 0 Å². The molecule has 0 aliphatic carbocycles. The maximum atomic E-state index is 11.8. The Balaban J connectivity index is -0.000000188. The van der Waals surface area contributed by atoms with Crippen molar-refractivity contribution in [3.63, 3.8) is 0 Å². The van der Waals surface area contributed by atoms with Crippen molar-refractivity contribution in [2.24, 2.45) is 0 Å². The molecule has 1 rings (SSSR count). The van der Waals surface area contributed by atoms with Crippen LogP contribution in [0.15, 0.2) is 24.3 Å². The minimum atomic E-state index is -3.89. The molecular weight excluding hydrogens is 592 g/mol.